The summed E-state index contributed by atoms with van der Waals surface area (Å²) >= 11 is 0. The number of anilines is 1. The van der Waals surface area contributed by atoms with Crippen LogP contribution in [-0.4, -0.2) is 40.5 Å². The van der Waals surface area contributed by atoms with Crippen LogP contribution in [0.4, 0.5) is 10.5 Å². The molecule has 1 aliphatic rings. The Labute approximate surface area is 243 Å². The van der Waals surface area contributed by atoms with Crippen LogP contribution in [0.2, 0.25) is 0 Å². The van der Waals surface area contributed by atoms with Crippen molar-refractivity contribution in [3.63, 3.8) is 0 Å². The van der Waals surface area contributed by atoms with Crippen LogP contribution in [0.15, 0.2) is 66.7 Å². The van der Waals surface area contributed by atoms with Crippen molar-refractivity contribution >= 4 is 34.4 Å². The minimum atomic E-state index is -0.875. The van der Waals surface area contributed by atoms with Crippen molar-refractivity contribution in [2.24, 2.45) is 11.8 Å². The Morgan fingerprint density at radius 2 is 1.61 bits per heavy atom. The van der Waals surface area contributed by atoms with Gasteiger partial charge in [0.15, 0.2) is 0 Å². The summed E-state index contributed by atoms with van der Waals surface area (Å²) in [4.78, 5) is 43.2. The molecule has 4 unspecified atom stereocenters. The molecule has 4 rings (SSSR count). The van der Waals surface area contributed by atoms with Crippen molar-refractivity contribution in [2.75, 3.05) is 5.32 Å². The van der Waals surface area contributed by atoms with Gasteiger partial charge in [-0.05, 0) is 86.4 Å². The second-order valence-electron chi connectivity index (χ2n) is 12.7. The van der Waals surface area contributed by atoms with E-state index in [1.807, 2.05) is 87.5 Å². The SMILES string of the molecule is Cc1ccccc1C(C(=O)Nc1ccc2ccccc2c1)N(C(=O)C(CC(C)C)NC(=O)OC(C)(C)C)C1CC1C. The van der Waals surface area contributed by atoms with Gasteiger partial charge in [-0.15, -0.1) is 0 Å². The topological polar surface area (TPSA) is 87.7 Å². The quantitative estimate of drug-likeness (QED) is 0.296. The van der Waals surface area contributed by atoms with Gasteiger partial charge in [0.25, 0.3) is 5.91 Å². The predicted molar refractivity (Wildman–Crippen MR) is 164 cm³/mol. The lowest BCUT2D eigenvalue weighted by molar-refractivity contribution is -0.142. The number of carbonyl (C=O) groups excluding carboxylic acids is 3. The van der Waals surface area contributed by atoms with Gasteiger partial charge in [-0.2, -0.15) is 0 Å². The zero-order chi connectivity index (χ0) is 29.9. The maximum Gasteiger partial charge on any atom is 0.408 e. The normalized spacial score (nSPS) is 18.0. The summed E-state index contributed by atoms with van der Waals surface area (Å²) in [5.74, 6) is -0.204. The van der Waals surface area contributed by atoms with Crippen molar-refractivity contribution in [1.82, 2.24) is 10.2 Å². The van der Waals surface area contributed by atoms with E-state index in [1.54, 1.807) is 25.7 Å². The molecule has 1 aliphatic carbocycles. The summed E-state index contributed by atoms with van der Waals surface area (Å²) in [6.07, 6.45) is 0.564. The number of fused-ring (bicyclic) bond motifs is 1. The molecule has 0 spiro atoms. The number of nitrogens with one attached hydrogen (secondary N) is 2. The molecule has 7 heteroatoms. The van der Waals surface area contributed by atoms with Gasteiger partial charge in [0.2, 0.25) is 5.91 Å². The molecule has 1 fully saturated rings. The Hall–Kier alpha value is -3.87. The molecule has 41 heavy (non-hydrogen) atoms. The van der Waals surface area contributed by atoms with Crippen LogP contribution in [0.5, 0.6) is 0 Å². The highest BCUT2D eigenvalue weighted by atomic mass is 16.6. The van der Waals surface area contributed by atoms with Crippen LogP contribution in [0.3, 0.4) is 0 Å². The molecule has 0 radical (unpaired) electrons. The van der Waals surface area contributed by atoms with Crippen molar-refractivity contribution in [3.05, 3.63) is 77.9 Å². The molecule has 3 aromatic rings. The first-order valence-electron chi connectivity index (χ1n) is 14.5. The number of carbonyl (C=O) groups is 3. The van der Waals surface area contributed by atoms with E-state index >= 15 is 0 Å². The fourth-order valence-electron chi connectivity index (χ4n) is 5.28. The van der Waals surface area contributed by atoms with E-state index in [0.717, 1.165) is 28.3 Å². The van der Waals surface area contributed by atoms with Gasteiger partial charge >= 0.3 is 6.09 Å². The van der Waals surface area contributed by atoms with Gasteiger partial charge in [-0.1, -0.05) is 75.4 Å². The summed E-state index contributed by atoms with van der Waals surface area (Å²) < 4.78 is 5.50. The lowest BCUT2D eigenvalue weighted by Gasteiger charge is -2.36. The molecule has 0 aliphatic heterocycles. The summed E-state index contributed by atoms with van der Waals surface area (Å²) in [7, 11) is 0. The van der Waals surface area contributed by atoms with E-state index < -0.39 is 23.8 Å². The first-order valence-corrected chi connectivity index (χ1v) is 14.5. The summed E-state index contributed by atoms with van der Waals surface area (Å²) in [6, 6.07) is 19.6. The molecule has 3 aromatic carbocycles. The second-order valence-corrected chi connectivity index (χ2v) is 12.7. The summed E-state index contributed by atoms with van der Waals surface area (Å²) in [6.45, 7) is 13.4. The second kappa shape index (κ2) is 12.3. The third-order valence-corrected chi connectivity index (χ3v) is 7.40. The zero-order valence-electron chi connectivity index (χ0n) is 25.2. The van der Waals surface area contributed by atoms with E-state index in [4.69, 9.17) is 4.74 Å². The lowest BCUT2D eigenvalue weighted by Crippen LogP contribution is -2.53. The number of hydrogen-bond acceptors (Lipinski definition) is 4. The predicted octanol–water partition coefficient (Wildman–Crippen LogP) is 7.00. The van der Waals surface area contributed by atoms with Crippen LogP contribution >= 0.6 is 0 Å². The molecule has 218 valence electrons. The van der Waals surface area contributed by atoms with Gasteiger partial charge in [-0.3, -0.25) is 9.59 Å². The molecule has 0 bridgehead atoms. The number of hydrogen-bond donors (Lipinski definition) is 2. The number of amides is 3. The highest BCUT2D eigenvalue weighted by molar-refractivity contribution is 6.00. The monoisotopic (exact) mass is 557 g/mol. The molecule has 4 atom stereocenters. The van der Waals surface area contributed by atoms with Gasteiger partial charge in [0, 0.05) is 11.7 Å². The standard InChI is InChI=1S/C34H43N3O4/c1-21(2)18-28(36-33(40)41-34(5,6)7)32(39)37(29-19-23(29)4)30(27-15-11-8-12-22(27)3)31(38)35-26-17-16-24-13-9-10-14-25(24)20-26/h8-17,20-21,23,28-30H,18-19H2,1-7H3,(H,35,38)(H,36,40). The van der Waals surface area contributed by atoms with E-state index in [0.29, 0.717) is 12.1 Å². The average molecular weight is 558 g/mol. The first-order chi connectivity index (χ1) is 19.3. The molecule has 7 nitrogen and oxygen atoms in total. The maximum absolute atomic E-state index is 14.4. The van der Waals surface area contributed by atoms with E-state index in [1.165, 1.54) is 0 Å². The van der Waals surface area contributed by atoms with Gasteiger partial charge in [0.05, 0.1) is 0 Å². The van der Waals surface area contributed by atoms with Crippen molar-refractivity contribution < 1.29 is 19.1 Å². The number of rotatable bonds is 9. The lowest BCUT2D eigenvalue weighted by atomic mass is 9.96. The Balaban J connectivity index is 1.72. The van der Waals surface area contributed by atoms with Crippen molar-refractivity contribution in [2.45, 2.75) is 85.0 Å². The fourth-order valence-corrected chi connectivity index (χ4v) is 5.28. The highest BCUT2D eigenvalue weighted by Gasteiger charge is 2.48. The fraction of sp³-hybridized carbons (Fsp3) is 0.441. The Morgan fingerprint density at radius 1 is 0.976 bits per heavy atom. The summed E-state index contributed by atoms with van der Waals surface area (Å²) in [5, 5.41) is 8.02. The van der Waals surface area contributed by atoms with Crippen molar-refractivity contribution in [3.8, 4) is 0 Å². The first kappa shape index (κ1) is 30.1. The Bertz CT molecular complexity index is 1410. The number of benzene rings is 3. The van der Waals surface area contributed by atoms with E-state index in [-0.39, 0.29) is 29.7 Å². The van der Waals surface area contributed by atoms with Crippen LogP contribution in [0, 0.1) is 18.8 Å². The van der Waals surface area contributed by atoms with Crippen LogP contribution in [-0.2, 0) is 14.3 Å². The number of aryl methyl sites for hydroxylation is 1. The van der Waals surface area contributed by atoms with Crippen molar-refractivity contribution in [1.29, 1.82) is 0 Å². The Morgan fingerprint density at radius 3 is 2.22 bits per heavy atom. The maximum atomic E-state index is 14.4. The molecule has 0 saturated heterocycles. The summed E-state index contributed by atoms with van der Waals surface area (Å²) in [5.41, 5.74) is 1.63. The molecular formula is C34H43N3O4. The van der Waals surface area contributed by atoms with Crippen LogP contribution < -0.4 is 10.6 Å². The molecule has 0 aromatic heterocycles. The van der Waals surface area contributed by atoms with Crippen LogP contribution in [0.1, 0.15) is 71.6 Å². The van der Waals surface area contributed by atoms with Crippen LogP contribution in [0.25, 0.3) is 10.8 Å². The van der Waals surface area contributed by atoms with Gasteiger partial charge in [-0.25, -0.2) is 4.79 Å². The third-order valence-electron chi connectivity index (χ3n) is 7.40. The van der Waals surface area contributed by atoms with Gasteiger partial charge < -0.3 is 20.3 Å². The minimum absolute atomic E-state index is 0.121. The largest absolute Gasteiger partial charge is 0.444 e. The minimum Gasteiger partial charge on any atom is -0.444 e. The average Bonchev–Trinajstić information content (AvgIpc) is 3.61. The Kier molecular flexibility index (Phi) is 9.05. The third kappa shape index (κ3) is 7.66. The molecule has 0 heterocycles. The smallest absolute Gasteiger partial charge is 0.408 e. The van der Waals surface area contributed by atoms with Gasteiger partial charge in [0.1, 0.15) is 17.7 Å². The van der Waals surface area contributed by atoms with E-state index in [2.05, 4.69) is 17.6 Å². The number of ether oxygens (including phenoxy) is 1. The zero-order valence-corrected chi connectivity index (χ0v) is 25.2. The molecule has 2 N–H and O–H groups in total. The number of alkyl carbamates (subject to hydrolysis) is 1. The number of nitrogens with zero attached hydrogens (tertiary/aromatic N) is 1. The van der Waals surface area contributed by atoms with E-state index in [9.17, 15) is 14.4 Å². The highest BCUT2D eigenvalue weighted by Crippen LogP contribution is 2.42. The molecular weight excluding hydrogens is 514 g/mol. The molecule has 3 amide bonds. The molecule has 1 saturated carbocycles.